The summed E-state index contributed by atoms with van der Waals surface area (Å²) >= 11 is 0. The van der Waals surface area contributed by atoms with Crippen molar-refractivity contribution in [3.63, 3.8) is 0 Å². The molecule has 0 spiro atoms. The van der Waals surface area contributed by atoms with Crippen molar-refractivity contribution in [2.75, 3.05) is 6.54 Å². The summed E-state index contributed by atoms with van der Waals surface area (Å²) in [7, 11) is 0. The van der Waals surface area contributed by atoms with Gasteiger partial charge in [-0.15, -0.1) is 13.2 Å². The molecule has 2 amide bonds. The smallest absolute Gasteiger partial charge is 0.406 e. The minimum Gasteiger partial charge on any atom is -0.406 e. The normalized spacial score (nSPS) is 15.6. The van der Waals surface area contributed by atoms with Crippen molar-refractivity contribution >= 4 is 11.8 Å². The van der Waals surface area contributed by atoms with Crippen molar-refractivity contribution in [3.8, 4) is 5.75 Å². The Morgan fingerprint density at radius 1 is 1.03 bits per heavy atom. The van der Waals surface area contributed by atoms with Gasteiger partial charge in [0.1, 0.15) is 11.8 Å². The molecule has 182 valence electrons. The standard InChI is InChI=1S/C26H24F3N3O3/c1-25(2,21-9-5-6-14-30-21)16-32-22(19-7-3-4-8-20(19)24(32)34)23(33)31-15-17-10-12-18(13-11-17)35-26(27,28)29/h3-14,22H,15-16H2,1-2H3,(H,31,33). The predicted octanol–water partition coefficient (Wildman–Crippen LogP) is 4.77. The number of amides is 2. The molecule has 0 fully saturated rings. The molecule has 35 heavy (non-hydrogen) atoms. The van der Waals surface area contributed by atoms with Crippen molar-refractivity contribution < 1.29 is 27.5 Å². The van der Waals surface area contributed by atoms with Crippen LogP contribution in [0.5, 0.6) is 5.75 Å². The first-order valence-corrected chi connectivity index (χ1v) is 11.0. The van der Waals surface area contributed by atoms with E-state index >= 15 is 0 Å². The van der Waals surface area contributed by atoms with Crippen LogP contribution in [0.15, 0.2) is 72.9 Å². The lowest BCUT2D eigenvalue weighted by Crippen LogP contribution is -2.44. The Kier molecular flexibility index (Phi) is 6.51. The Labute approximate surface area is 200 Å². The van der Waals surface area contributed by atoms with E-state index in [1.807, 2.05) is 32.0 Å². The highest BCUT2D eigenvalue weighted by molar-refractivity contribution is 6.04. The van der Waals surface area contributed by atoms with Gasteiger partial charge in [0, 0.05) is 36.0 Å². The molecular formula is C26H24F3N3O3. The first-order chi connectivity index (χ1) is 16.5. The second-order valence-corrected chi connectivity index (χ2v) is 8.93. The van der Waals surface area contributed by atoms with E-state index in [4.69, 9.17) is 0 Å². The Balaban J connectivity index is 1.52. The van der Waals surface area contributed by atoms with Gasteiger partial charge < -0.3 is 15.0 Å². The van der Waals surface area contributed by atoms with Crippen LogP contribution < -0.4 is 10.1 Å². The van der Waals surface area contributed by atoms with E-state index in [-0.39, 0.29) is 30.7 Å². The molecule has 6 nitrogen and oxygen atoms in total. The topological polar surface area (TPSA) is 71.5 Å². The van der Waals surface area contributed by atoms with Gasteiger partial charge in [0.2, 0.25) is 5.91 Å². The Morgan fingerprint density at radius 3 is 2.37 bits per heavy atom. The summed E-state index contributed by atoms with van der Waals surface area (Å²) in [5.41, 5.74) is 1.94. The first kappa shape index (κ1) is 24.3. The van der Waals surface area contributed by atoms with Crippen LogP contribution in [-0.4, -0.2) is 34.6 Å². The zero-order valence-corrected chi connectivity index (χ0v) is 19.2. The van der Waals surface area contributed by atoms with E-state index in [0.29, 0.717) is 16.7 Å². The summed E-state index contributed by atoms with van der Waals surface area (Å²) in [6.07, 6.45) is -3.09. The van der Waals surface area contributed by atoms with Gasteiger partial charge in [-0.1, -0.05) is 50.2 Å². The SMILES string of the molecule is CC(C)(CN1C(=O)c2ccccc2C1C(=O)NCc1ccc(OC(F)(F)F)cc1)c1ccccn1. The van der Waals surface area contributed by atoms with Crippen molar-refractivity contribution in [3.05, 3.63) is 95.3 Å². The molecular weight excluding hydrogens is 459 g/mol. The third-order valence-corrected chi connectivity index (χ3v) is 5.85. The summed E-state index contributed by atoms with van der Waals surface area (Å²) in [5.74, 6) is -0.958. The van der Waals surface area contributed by atoms with E-state index in [1.54, 1.807) is 35.4 Å². The van der Waals surface area contributed by atoms with Crippen molar-refractivity contribution in [2.24, 2.45) is 0 Å². The van der Waals surface area contributed by atoms with Crippen molar-refractivity contribution in [1.82, 2.24) is 15.2 Å². The number of rotatable bonds is 7. The lowest BCUT2D eigenvalue weighted by molar-refractivity contribution is -0.274. The number of alkyl halides is 3. The molecule has 1 aromatic heterocycles. The maximum absolute atomic E-state index is 13.3. The van der Waals surface area contributed by atoms with E-state index in [1.165, 1.54) is 24.3 Å². The Bertz CT molecular complexity index is 1210. The molecule has 0 aliphatic carbocycles. The third-order valence-electron chi connectivity index (χ3n) is 5.85. The fraction of sp³-hybridized carbons (Fsp3) is 0.269. The van der Waals surface area contributed by atoms with E-state index in [9.17, 15) is 22.8 Å². The lowest BCUT2D eigenvalue weighted by atomic mass is 9.87. The average molecular weight is 483 g/mol. The van der Waals surface area contributed by atoms with Crippen LogP contribution in [-0.2, 0) is 16.8 Å². The number of halogens is 3. The molecule has 0 radical (unpaired) electrons. The molecule has 1 N–H and O–H groups in total. The highest BCUT2D eigenvalue weighted by Crippen LogP contribution is 2.37. The van der Waals surface area contributed by atoms with E-state index in [0.717, 1.165) is 5.69 Å². The third kappa shape index (κ3) is 5.45. The molecule has 2 heterocycles. The largest absolute Gasteiger partial charge is 0.573 e. The minimum absolute atomic E-state index is 0.0788. The average Bonchev–Trinajstić information content (AvgIpc) is 3.09. The number of nitrogens with zero attached hydrogens (tertiary/aromatic N) is 2. The minimum atomic E-state index is -4.77. The number of benzene rings is 2. The van der Waals surface area contributed by atoms with Gasteiger partial charge in [0.15, 0.2) is 0 Å². The number of fused-ring (bicyclic) bond motifs is 1. The predicted molar refractivity (Wildman–Crippen MR) is 122 cm³/mol. The molecule has 0 saturated carbocycles. The van der Waals surface area contributed by atoms with Crippen molar-refractivity contribution in [1.29, 1.82) is 0 Å². The lowest BCUT2D eigenvalue weighted by Gasteiger charge is -2.33. The summed E-state index contributed by atoms with van der Waals surface area (Å²) in [6.45, 7) is 4.27. The molecule has 4 rings (SSSR count). The number of carbonyl (C=O) groups is 2. The molecule has 0 saturated heterocycles. The number of hydrogen-bond donors (Lipinski definition) is 1. The molecule has 1 aliphatic rings. The van der Waals surface area contributed by atoms with Gasteiger partial charge in [-0.3, -0.25) is 14.6 Å². The first-order valence-electron chi connectivity index (χ1n) is 11.0. The molecule has 1 atom stereocenters. The van der Waals surface area contributed by atoms with Crippen LogP contribution in [0.4, 0.5) is 13.2 Å². The molecule has 3 aromatic rings. The monoisotopic (exact) mass is 483 g/mol. The highest BCUT2D eigenvalue weighted by atomic mass is 19.4. The van der Waals surface area contributed by atoms with Gasteiger partial charge in [0.05, 0.1) is 0 Å². The maximum Gasteiger partial charge on any atom is 0.573 e. The van der Waals surface area contributed by atoms with Crippen LogP contribution in [0.3, 0.4) is 0 Å². The van der Waals surface area contributed by atoms with Gasteiger partial charge in [-0.2, -0.15) is 0 Å². The highest BCUT2D eigenvalue weighted by Gasteiger charge is 2.43. The number of hydrogen-bond acceptors (Lipinski definition) is 4. The van der Waals surface area contributed by atoms with Crippen LogP contribution in [0, 0.1) is 0 Å². The zero-order chi connectivity index (χ0) is 25.2. The molecule has 0 bridgehead atoms. The molecule has 1 aliphatic heterocycles. The zero-order valence-electron chi connectivity index (χ0n) is 19.2. The Hall–Kier alpha value is -3.88. The van der Waals surface area contributed by atoms with E-state index in [2.05, 4.69) is 15.0 Å². The second-order valence-electron chi connectivity index (χ2n) is 8.93. The van der Waals surface area contributed by atoms with Crippen LogP contribution in [0.25, 0.3) is 0 Å². The number of ether oxygens (including phenoxy) is 1. The van der Waals surface area contributed by atoms with Gasteiger partial charge >= 0.3 is 6.36 Å². The fourth-order valence-corrected chi connectivity index (χ4v) is 4.18. The van der Waals surface area contributed by atoms with Crippen LogP contribution >= 0.6 is 0 Å². The van der Waals surface area contributed by atoms with E-state index < -0.39 is 17.8 Å². The fourth-order valence-electron chi connectivity index (χ4n) is 4.18. The summed E-state index contributed by atoms with van der Waals surface area (Å²) in [6, 6.07) is 17.0. The number of carbonyl (C=O) groups excluding carboxylic acids is 2. The van der Waals surface area contributed by atoms with Crippen LogP contribution in [0.2, 0.25) is 0 Å². The molecule has 9 heteroatoms. The Morgan fingerprint density at radius 2 is 1.71 bits per heavy atom. The quantitative estimate of drug-likeness (QED) is 0.526. The van der Waals surface area contributed by atoms with Crippen molar-refractivity contribution in [2.45, 2.75) is 38.2 Å². The molecule has 1 unspecified atom stereocenters. The second kappa shape index (κ2) is 9.40. The van der Waals surface area contributed by atoms with Crippen LogP contribution in [0.1, 0.15) is 47.1 Å². The number of nitrogens with one attached hydrogen (secondary N) is 1. The number of pyridine rings is 1. The number of aromatic nitrogens is 1. The summed E-state index contributed by atoms with van der Waals surface area (Å²) in [5, 5.41) is 2.81. The molecule has 2 aromatic carbocycles. The maximum atomic E-state index is 13.3. The van der Waals surface area contributed by atoms with Gasteiger partial charge in [-0.25, -0.2) is 0 Å². The summed E-state index contributed by atoms with van der Waals surface area (Å²) in [4.78, 5) is 32.6. The van der Waals surface area contributed by atoms with Gasteiger partial charge in [0.25, 0.3) is 5.91 Å². The van der Waals surface area contributed by atoms with Gasteiger partial charge in [-0.05, 0) is 41.5 Å². The summed E-state index contributed by atoms with van der Waals surface area (Å²) < 4.78 is 41.0.